The minimum absolute atomic E-state index is 0.0810. The summed E-state index contributed by atoms with van der Waals surface area (Å²) in [6.07, 6.45) is 0. The first-order chi connectivity index (χ1) is 45.8. The lowest BCUT2D eigenvalue weighted by Gasteiger charge is -2.34. The SMILES string of the molecule is Brc1ccc(-c2ccc3c(c2)C(c2ccccc2)(c2ccccc2)c2ccc4ccccc4c2-3)cc1.CC1(C)c2ccccc2-c2ccc(N(c3ccccc3)c3ccc(-c4ccc5c(c4)C(c4ccccc4)(c4ccccc4)c4ccc6ccccc6c4-5)cc3)cc21. The maximum atomic E-state index is 3.59. The molecule has 18 rings (SSSR count). The van der Waals surface area contributed by atoms with Crippen LogP contribution in [0.3, 0.4) is 0 Å². The number of rotatable bonds is 9. The third kappa shape index (κ3) is 8.88. The molecule has 0 N–H and O–H groups in total. The monoisotopic (exact) mass is 1250 g/mol. The maximum Gasteiger partial charge on any atom is 0.0714 e. The van der Waals surface area contributed by atoms with E-state index in [1.54, 1.807) is 0 Å². The molecule has 3 aliphatic carbocycles. The number of benzene rings is 15. The second-order valence-corrected chi connectivity index (χ2v) is 26.4. The summed E-state index contributed by atoms with van der Waals surface area (Å²) in [6, 6.07) is 130. The number of nitrogens with zero attached hydrogens (tertiary/aromatic N) is 1. The average Bonchev–Trinajstić information content (AvgIpc) is 1.55. The fourth-order valence-corrected chi connectivity index (χ4v) is 16.4. The Morgan fingerprint density at radius 1 is 0.247 bits per heavy atom. The van der Waals surface area contributed by atoms with Gasteiger partial charge in [0, 0.05) is 26.9 Å². The molecule has 440 valence electrons. The van der Waals surface area contributed by atoms with E-state index in [2.05, 4.69) is 387 Å². The summed E-state index contributed by atoms with van der Waals surface area (Å²) in [5.74, 6) is 0. The number of fused-ring (bicyclic) bond motifs is 13. The van der Waals surface area contributed by atoms with Crippen molar-refractivity contribution in [2.75, 3.05) is 4.90 Å². The van der Waals surface area contributed by atoms with Crippen LogP contribution >= 0.6 is 15.9 Å². The second-order valence-electron chi connectivity index (χ2n) is 25.5. The summed E-state index contributed by atoms with van der Waals surface area (Å²) in [6.45, 7) is 4.70. The van der Waals surface area contributed by atoms with Gasteiger partial charge in [0.15, 0.2) is 0 Å². The Labute approximate surface area is 553 Å². The molecule has 1 nitrogen and oxygen atoms in total. The zero-order valence-corrected chi connectivity index (χ0v) is 53.4. The van der Waals surface area contributed by atoms with Gasteiger partial charge in [-0.15, -0.1) is 0 Å². The van der Waals surface area contributed by atoms with Crippen molar-refractivity contribution in [2.45, 2.75) is 30.1 Å². The molecular weight excluding hydrogens is 1190 g/mol. The van der Waals surface area contributed by atoms with E-state index >= 15 is 0 Å². The Bertz CT molecular complexity index is 5250. The highest BCUT2D eigenvalue weighted by Gasteiger charge is 2.48. The number of hydrogen-bond acceptors (Lipinski definition) is 1. The second kappa shape index (κ2) is 22.5. The molecule has 3 aliphatic rings. The number of halogens is 1. The molecule has 0 saturated heterocycles. The molecule has 15 aromatic rings. The first-order valence-electron chi connectivity index (χ1n) is 32.3. The molecule has 0 amide bonds. The summed E-state index contributed by atoms with van der Waals surface area (Å²) in [5, 5.41) is 5.14. The summed E-state index contributed by atoms with van der Waals surface area (Å²) < 4.78 is 1.09. The van der Waals surface area contributed by atoms with E-state index < -0.39 is 10.8 Å². The van der Waals surface area contributed by atoms with Gasteiger partial charge in [0.05, 0.1) is 10.8 Å². The van der Waals surface area contributed by atoms with Crippen molar-refractivity contribution in [3.05, 3.63) is 412 Å². The van der Waals surface area contributed by atoms with Crippen LogP contribution < -0.4 is 4.90 Å². The van der Waals surface area contributed by atoms with Crippen LogP contribution in [-0.4, -0.2) is 0 Å². The van der Waals surface area contributed by atoms with Crippen LogP contribution in [0.2, 0.25) is 0 Å². The zero-order chi connectivity index (χ0) is 62.3. The zero-order valence-electron chi connectivity index (χ0n) is 51.8. The van der Waals surface area contributed by atoms with Gasteiger partial charge in [-0.3, -0.25) is 0 Å². The Balaban J connectivity index is 0.000000157. The van der Waals surface area contributed by atoms with E-state index in [-0.39, 0.29) is 5.41 Å². The number of hydrogen-bond donors (Lipinski definition) is 0. The first kappa shape index (κ1) is 56.1. The van der Waals surface area contributed by atoms with Gasteiger partial charge in [0.1, 0.15) is 0 Å². The van der Waals surface area contributed by atoms with E-state index in [1.807, 2.05) is 0 Å². The average molecular weight is 1250 g/mol. The molecule has 0 aliphatic heterocycles. The molecule has 0 saturated carbocycles. The highest BCUT2D eigenvalue weighted by atomic mass is 79.9. The van der Waals surface area contributed by atoms with Crippen molar-refractivity contribution in [1.29, 1.82) is 0 Å². The predicted molar refractivity (Wildman–Crippen MR) is 393 cm³/mol. The standard InChI is InChI=1S/C56H41N.C35H23Br/c1-55(2)50-25-15-14-24-47(50)48-34-32-45(37-52(48)55)57(43-21-10-5-11-22-43)44-30-26-38(27-31-44)40-28-33-49-53(36-40)56(41-17-6-3-7-18-41,42-19-8-4-9-20-42)51-35-29-39-16-12-13-23-46(39)54(49)51;36-29-19-15-24(16-20-29)26-17-21-31-33(23-26)35(27-10-3-1-4-11-27,28-12-5-2-6-13-28)32-22-18-25-9-7-8-14-30(25)34(31)32/h3-37H,1-2H3;1-23H. The molecule has 0 spiro atoms. The predicted octanol–water partition coefficient (Wildman–Crippen LogP) is 24.3. The summed E-state index contributed by atoms with van der Waals surface area (Å²) in [7, 11) is 0. The fourth-order valence-electron chi connectivity index (χ4n) is 16.2. The van der Waals surface area contributed by atoms with Gasteiger partial charge in [-0.25, -0.2) is 0 Å². The van der Waals surface area contributed by atoms with Crippen LogP contribution in [0.1, 0.15) is 69.5 Å². The molecule has 0 radical (unpaired) electrons. The molecule has 15 aromatic carbocycles. The lowest BCUT2D eigenvalue weighted by Crippen LogP contribution is -2.28. The molecule has 0 heterocycles. The molecule has 0 bridgehead atoms. The molecule has 2 heteroatoms. The van der Waals surface area contributed by atoms with Crippen molar-refractivity contribution >= 4 is 54.5 Å². The third-order valence-electron chi connectivity index (χ3n) is 20.4. The number of para-hydroxylation sites is 1. The maximum absolute atomic E-state index is 3.59. The highest BCUT2D eigenvalue weighted by molar-refractivity contribution is 9.10. The van der Waals surface area contributed by atoms with Crippen LogP contribution in [0.4, 0.5) is 17.1 Å². The van der Waals surface area contributed by atoms with Crippen LogP contribution in [0, 0.1) is 0 Å². The van der Waals surface area contributed by atoms with Crippen LogP contribution in [0.5, 0.6) is 0 Å². The van der Waals surface area contributed by atoms with Gasteiger partial charge in [0.2, 0.25) is 0 Å². The molecular formula is C91H64BrN. The minimum atomic E-state index is -0.474. The minimum Gasteiger partial charge on any atom is -0.310 e. The van der Waals surface area contributed by atoms with Gasteiger partial charge in [-0.05, 0) is 193 Å². The number of anilines is 3. The van der Waals surface area contributed by atoms with Crippen LogP contribution in [0.25, 0.3) is 77.2 Å². The van der Waals surface area contributed by atoms with E-state index in [0.29, 0.717) is 0 Å². The summed E-state index contributed by atoms with van der Waals surface area (Å²) >= 11 is 3.59. The lowest BCUT2D eigenvalue weighted by atomic mass is 9.67. The highest BCUT2D eigenvalue weighted by Crippen LogP contribution is 2.61. The van der Waals surface area contributed by atoms with Crippen molar-refractivity contribution in [2.24, 2.45) is 0 Å². The Morgan fingerprint density at radius 2 is 0.613 bits per heavy atom. The Hall–Kier alpha value is -10.9. The quantitative estimate of drug-likeness (QED) is 0.139. The van der Waals surface area contributed by atoms with Gasteiger partial charge in [0.25, 0.3) is 0 Å². The van der Waals surface area contributed by atoms with Gasteiger partial charge in [-0.2, -0.15) is 0 Å². The Morgan fingerprint density at radius 3 is 1.10 bits per heavy atom. The van der Waals surface area contributed by atoms with Gasteiger partial charge < -0.3 is 4.90 Å². The third-order valence-corrected chi connectivity index (χ3v) is 20.9. The van der Waals surface area contributed by atoms with Gasteiger partial charge >= 0.3 is 0 Å². The van der Waals surface area contributed by atoms with E-state index in [0.717, 1.165) is 21.5 Å². The van der Waals surface area contributed by atoms with Crippen molar-refractivity contribution in [3.63, 3.8) is 0 Å². The molecule has 0 unspecified atom stereocenters. The molecule has 0 aromatic heterocycles. The van der Waals surface area contributed by atoms with E-state index in [9.17, 15) is 0 Å². The Kier molecular flexibility index (Phi) is 13.6. The van der Waals surface area contributed by atoms with Crippen LogP contribution in [0.15, 0.2) is 356 Å². The normalized spacial score (nSPS) is 13.8. The largest absolute Gasteiger partial charge is 0.310 e. The molecule has 93 heavy (non-hydrogen) atoms. The molecule has 0 atom stereocenters. The summed E-state index contributed by atoms with van der Waals surface area (Å²) in [4.78, 5) is 2.39. The smallest absolute Gasteiger partial charge is 0.0714 e. The van der Waals surface area contributed by atoms with Gasteiger partial charge in [-0.1, -0.05) is 321 Å². The molecule has 0 fully saturated rings. The van der Waals surface area contributed by atoms with E-state index in [4.69, 9.17) is 0 Å². The van der Waals surface area contributed by atoms with Crippen molar-refractivity contribution < 1.29 is 0 Å². The summed E-state index contributed by atoms with van der Waals surface area (Å²) in [5.41, 5.74) is 28.5. The first-order valence-corrected chi connectivity index (χ1v) is 33.1. The van der Waals surface area contributed by atoms with Crippen molar-refractivity contribution in [1.82, 2.24) is 0 Å². The topological polar surface area (TPSA) is 3.24 Å². The van der Waals surface area contributed by atoms with Crippen LogP contribution in [-0.2, 0) is 16.2 Å². The van der Waals surface area contributed by atoms with E-state index in [1.165, 1.54) is 133 Å². The fraction of sp³-hybridized carbons (Fsp3) is 0.0549. The van der Waals surface area contributed by atoms with Crippen molar-refractivity contribution in [3.8, 4) is 55.6 Å². The lowest BCUT2D eigenvalue weighted by molar-refractivity contribution is 0.660.